The third-order valence-corrected chi connectivity index (χ3v) is 6.48. The number of fused-ring (bicyclic) bond motifs is 1. The zero-order valence-electron chi connectivity index (χ0n) is 18.5. The number of aryl methyl sites for hydroxylation is 3. The van der Waals surface area contributed by atoms with Gasteiger partial charge in [0.05, 0.1) is 17.3 Å². The molecule has 164 valence electrons. The summed E-state index contributed by atoms with van der Waals surface area (Å²) in [4.78, 5) is 31.1. The molecule has 0 unspecified atom stereocenters. The van der Waals surface area contributed by atoms with E-state index in [1.807, 2.05) is 43.9 Å². The Labute approximate surface area is 187 Å². The maximum Gasteiger partial charge on any atom is 0.254 e. The number of anilines is 1. The van der Waals surface area contributed by atoms with E-state index in [1.54, 1.807) is 18.3 Å². The highest BCUT2D eigenvalue weighted by atomic mass is 19.1. The third kappa shape index (κ3) is 3.61. The van der Waals surface area contributed by atoms with Gasteiger partial charge in [-0.25, -0.2) is 14.4 Å². The molecule has 0 saturated carbocycles. The van der Waals surface area contributed by atoms with Gasteiger partial charge in [-0.2, -0.15) is 0 Å². The van der Waals surface area contributed by atoms with Crippen LogP contribution in [0.4, 0.5) is 10.3 Å². The molecular formula is C25H26FN5O. The van der Waals surface area contributed by atoms with Crippen molar-refractivity contribution in [2.75, 3.05) is 24.5 Å². The van der Waals surface area contributed by atoms with E-state index in [9.17, 15) is 9.18 Å². The maximum absolute atomic E-state index is 14.9. The quantitative estimate of drug-likeness (QED) is 0.628. The fourth-order valence-electron chi connectivity index (χ4n) is 4.85. The minimum absolute atomic E-state index is 0.158. The van der Waals surface area contributed by atoms with Crippen LogP contribution in [0.2, 0.25) is 0 Å². The van der Waals surface area contributed by atoms with Crippen molar-refractivity contribution in [3.8, 4) is 11.3 Å². The first-order chi connectivity index (χ1) is 15.4. The van der Waals surface area contributed by atoms with Crippen molar-refractivity contribution < 1.29 is 9.18 Å². The van der Waals surface area contributed by atoms with Crippen LogP contribution in [0.3, 0.4) is 0 Å². The van der Waals surface area contributed by atoms with Gasteiger partial charge < -0.3 is 9.80 Å². The van der Waals surface area contributed by atoms with Crippen LogP contribution in [-0.2, 0) is 0 Å². The van der Waals surface area contributed by atoms with Crippen molar-refractivity contribution in [1.29, 1.82) is 0 Å². The molecule has 0 radical (unpaired) electrons. The molecule has 0 N–H and O–H groups in total. The summed E-state index contributed by atoms with van der Waals surface area (Å²) in [6.07, 6.45) is 2.57. The second kappa shape index (κ2) is 7.97. The van der Waals surface area contributed by atoms with E-state index in [4.69, 9.17) is 0 Å². The molecule has 2 aliphatic heterocycles. The average molecular weight is 432 g/mol. The Bertz CT molecular complexity index is 1180. The summed E-state index contributed by atoms with van der Waals surface area (Å²) in [5.74, 6) is 0.662. The van der Waals surface area contributed by atoms with Crippen molar-refractivity contribution >= 4 is 11.9 Å². The summed E-state index contributed by atoms with van der Waals surface area (Å²) in [5.41, 5.74) is 3.96. The van der Waals surface area contributed by atoms with Crippen molar-refractivity contribution in [2.45, 2.75) is 33.2 Å². The van der Waals surface area contributed by atoms with E-state index < -0.39 is 5.82 Å². The summed E-state index contributed by atoms with van der Waals surface area (Å²) < 4.78 is 14.9. The number of hydrogen-bond donors (Lipinski definition) is 0. The van der Waals surface area contributed by atoms with Gasteiger partial charge in [0.2, 0.25) is 5.95 Å². The number of pyridine rings is 1. The molecule has 2 aliphatic rings. The molecule has 0 bridgehead atoms. The molecule has 4 heterocycles. The molecule has 5 rings (SSSR count). The first kappa shape index (κ1) is 20.5. The molecule has 2 saturated heterocycles. The number of aromatic nitrogens is 3. The average Bonchev–Trinajstić information content (AvgIpc) is 2.73. The molecule has 7 heteroatoms. The zero-order valence-corrected chi connectivity index (χ0v) is 18.5. The van der Waals surface area contributed by atoms with E-state index >= 15 is 0 Å². The van der Waals surface area contributed by atoms with Gasteiger partial charge in [0.25, 0.3) is 5.91 Å². The molecule has 1 aromatic carbocycles. The molecule has 32 heavy (non-hydrogen) atoms. The van der Waals surface area contributed by atoms with E-state index in [1.165, 1.54) is 6.07 Å². The number of likely N-dealkylation sites (tertiary alicyclic amines) is 1. The Morgan fingerprint density at radius 3 is 2.59 bits per heavy atom. The van der Waals surface area contributed by atoms with E-state index in [0.717, 1.165) is 35.9 Å². The lowest BCUT2D eigenvalue weighted by Crippen LogP contribution is -2.65. The summed E-state index contributed by atoms with van der Waals surface area (Å²) in [5, 5.41) is 0. The smallest absolute Gasteiger partial charge is 0.254 e. The van der Waals surface area contributed by atoms with Crippen molar-refractivity contribution in [2.24, 2.45) is 5.92 Å². The van der Waals surface area contributed by atoms with E-state index in [2.05, 4.69) is 19.9 Å². The highest BCUT2D eigenvalue weighted by molar-refractivity contribution is 6.00. The number of carbonyl (C=O) groups is 1. The second-order valence-corrected chi connectivity index (χ2v) is 8.85. The number of hydrogen-bond acceptors (Lipinski definition) is 5. The predicted octanol–water partition coefficient (Wildman–Crippen LogP) is 3.95. The van der Waals surface area contributed by atoms with Gasteiger partial charge in [0.15, 0.2) is 0 Å². The van der Waals surface area contributed by atoms with Crippen LogP contribution in [0.5, 0.6) is 0 Å². The molecule has 0 spiro atoms. The van der Waals surface area contributed by atoms with E-state index in [0.29, 0.717) is 30.3 Å². The minimum atomic E-state index is -0.433. The van der Waals surface area contributed by atoms with Crippen molar-refractivity contribution in [1.82, 2.24) is 19.9 Å². The lowest BCUT2D eigenvalue weighted by Gasteiger charge is -2.53. The van der Waals surface area contributed by atoms with Crippen LogP contribution in [0.25, 0.3) is 11.3 Å². The summed E-state index contributed by atoms with van der Waals surface area (Å²) in [7, 11) is 0. The highest BCUT2D eigenvalue weighted by Gasteiger charge is 2.45. The number of rotatable bonds is 3. The number of amides is 1. The lowest BCUT2D eigenvalue weighted by atomic mass is 9.82. The maximum atomic E-state index is 14.9. The van der Waals surface area contributed by atoms with E-state index in [-0.39, 0.29) is 17.5 Å². The Morgan fingerprint density at radius 1 is 1.06 bits per heavy atom. The van der Waals surface area contributed by atoms with Crippen molar-refractivity contribution in [3.05, 3.63) is 70.9 Å². The zero-order chi connectivity index (χ0) is 22.4. The summed E-state index contributed by atoms with van der Waals surface area (Å²) in [6.45, 7) is 8.02. The Hall–Kier alpha value is -3.35. The fraction of sp³-hybridized carbons (Fsp3) is 0.360. The van der Waals surface area contributed by atoms with Crippen LogP contribution < -0.4 is 4.90 Å². The number of benzene rings is 1. The minimum Gasteiger partial charge on any atom is -0.337 e. The molecule has 2 aromatic heterocycles. The lowest BCUT2D eigenvalue weighted by molar-refractivity contribution is 0.0589. The van der Waals surface area contributed by atoms with Crippen LogP contribution in [-0.4, -0.2) is 51.4 Å². The van der Waals surface area contributed by atoms with Crippen molar-refractivity contribution in [3.63, 3.8) is 0 Å². The highest BCUT2D eigenvalue weighted by Crippen LogP contribution is 2.36. The molecular weight excluding hydrogens is 405 g/mol. The van der Waals surface area contributed by atoms with Gasteiger partial charge in [0, 0.05) is 48.7 Å². The standard InChI is InChI=1S/C25H26FN5O/c1-15-7-9-27-21(11-15)23-19(5-4-6-20(23)26)24(32)30-10-8-18-13-31(22(18)14-30)25-28-16(2)12-17(3)29-25/h4-7,9,11-12,18,22H,8,10,13-14H2,1-3H3/t18-,22-/m0/s1. The molecule has 6 nitrogen and oxygen atoms in total. The number of piperidine rings is 1. The molecule has 1 amide bonds. The third-order valence-electron chi connectivity index (χ3n) is 6.48. The largest absolute Gasteiger partial charge is 0.337 e. The predicted molar refractivity (Wildman–Crippen MR) is 121 cm³/mol. The first-order valence-electron chi connectivity index (χ1n) is 11.0. The van der Waals surface area contributed by atoms with Gasteiger partial charge in [-0.05, 0) is 63.1 Å². The second-order valence-electron chi connectivity index (χ2n) is 8.85. The van der Waals surface area contributed by atoms with Crippen LogP contribution in [0.15, 0.2) is 42.6 Å². The van der Waals surface area contributed by atoms with Gasteiger partial charge in [-0.3, -0.25) is 9.78 Å². The molecule has 0 aliphatic carbocycles. The van der Waals surface area contributed by atoms with Gasteiger partial charge >= 0.3 is 0 Å². The van der Waals surface area contributed by atoms with Gasteiger partial charge in [0.1, 0.15) is 5.82 Å². The SMILES string of the molecule is Cc1ccnc(-c2c(F)cccc2C(=O)N2CC[C@H]3CN(c4nc(C)cc(C)n4)[C@H]3C2)c1. The first-order valence-corrected chi connectivity index (χ1v) is 11.0. The number of halogens is 1. The van der Waals surface area contributed by atoms with Crippen LogP contribution >= 0.6 is 0 Å². The van der Waals surface area contributed by atoms with Gasteiger partial charge in [-0.1, -0.05) is 6.07 Å². The summed E-state index contributed by atoms with van der Waals surface area (Å²) in [6, 6.07) is 10.5. The molecule has 3 aromatic rings. The number of nitrogens with zero attached hydrogens (tertiary/aromatic N) is 5. The Kier molecular flexibility index (Phi) is 5.12. The summed E-state index contributed by atoms with van der Waals surface area (Å²) >= 11 is 0. The Balaban J connectivity index is 1.42. The topological polar surface area (TPSA) is 62.2 Å². The van der Waals surface area contributed by atoms with Gasteiger partial charge in [-0.15, -0.1) is 0 Å². The molecule has 2 atom stereocenters. The van der Waals surface area contributed by atoms with Crippen LogP contribution in [0, 0.1) is 32.5 Å². The van der Waals surface area contributed by atoms with Crippen LogP contribution in [0.1, 0.15) is 33.7 Å². The normalized spacial score (nSPS) is 20.0. The number of carbonyl (C=O) groups excluding carboxylic acids is 1. The molecule has 2 fully saturated rings. The monoisotopic (exact) mass is 431 g/mol. The fourth-order valence-corrected chi connectivity index (χ4v) is 4.85. The Morgan fingerprint density at radius 2 is 1.84 bits per heavy atom.